The van der Waals surface area contributed by atoms with E-state index in [2.05, 4.69) is 5.32 Å². The van der Waals surface area contributed by atoms with Crippen LogP contribution in [-0.4, -0.2) is 56.6 Å². The number of benzene rings is 2. The van der Waals surface area contributed by atoms with Gasteiger partial charge in [0.05, 0.1) is 11.9 Å². The topological polar surface area (TPSA) is 86.8 Å². The molecule has 0 saturated heterocycles. The van der Waals surface area contributed by atoms with Crippen molar-refractivity contribution < 1.29 is 18.0 Å². The van der Waals surface area contributed by atoms with Gasteiger partial charge < -0.3 is 10.2 Å². The summed E-state index contributed by atoms with van der Waals surface area (Å²) in [4.78, 5) is 28.1. The average molecular weight is 488 g/mol. The third-order valence-electron chi connectivity index (χ3n) is 5.61. The van der Waals surface area contributed by atoms with Crippen LogP contribution in [0.4, 0.5) is 5.69 Å². The van der Waals surface area contributed by atoms with Crippen molar-refractivity contribution in [1.29, 1.82) is 0 Å². The van der Waals surface area contributed by atoms with E-state index < -0.39 is 22.0 Å². The molecule has 34 heavy (non-hydrogen) atoms. The van der Waals surface area contributed by atoms with Gasteiger partial charge in [0.1, 0.15) is 12.6 Å². The molecule has 2 amide bonds. The monoisotopic (exact) mass is 487 g/mol. The number of aryl methyl sites for hydroxylation is 2. The minimum atomic E-state index is -3.74. The molecule has 0 bridgehead atoms. The first-order valence-electron chi connectivity index (χ1n) is 11.6. The number of anilines is 1. The van der Waals surface area contributed by atoms with E-state index in [0.29, 0.717) is 25.1 Å². The molecule has 2 aromatic rings. The highest BCUT2D eigenvalue weighted by atomic mass is 32.2. The maximum atomic E-state index is 13.6. The molecule has 0 fully saturated rings. The Labute approximate surface area is 204 Å². The van der Waals surface area contributed by atoms with E-state index in [1.165, 1.54) is 4.90 Å². The molecule has 0 aliphatic rings. The van der Waals surface area contributed by atoms with Crippen LogP contribution in [-0.2, 0) is 26.0 Å². The van der Waals surface area contributed by atoms with Crippen molar-refractivity contribution in [2.75, 3.05) is 23.7 Å². The van der Waals surface area contributed by atoms with Gasteiger partial charge in [-0.25, -0.2) is 8.42 Å². The number of nitrogens with zero attached hydrogens (tertiary/aromatic N) is 2. The zero-order valence-corrected chi connectivity index (χ0v) is 21.9. The number of nitrogens with one attached hydrogen (secondary N) is 1. The van der Waals surface area contributed by atoms with Crippen LogP contribution in [0, 0.1) is 13.8 Å². The second-order valence-electron chi connectivity index (χ2n) is 8.97. The van der Waals surface area contributed by atoms with E-state index >= 15 is 0 Å². The van der Waals surface area contributed by atoms with Gasteiger partial charge in [0.2, 0.25) is 21.8 Å². The van der Waals surface area contributed by atoms with E-state index in [4.69, 9.17) is 0 Å². The first-order chi connectivity index (χ1) is 15.9. The van der Waals surface area contributed by atoms with Crippen molar-refractivity contribution in [3.8, 4) is 0 Å². The van der Waals surface area contributed by atoms with Crippen LogP contribution in [0.3, 0.4) is 0 Å². The van der Waals surface area contributed by atoms with Crippen LogP contribution >= 0.6 is 0 Å². The standard InChI is InChI=1S/C26H37N3O4S/c1-7-23(26(31)27-19(2)3)28(16-15-22-11-9-8-10-12-22)25(30)18-29(34(6,32)33)24-17-20(4)13-14-21(24)5/h8-14,17,19,23H,7,15-16,18H2,1-6H3,(H,27,31)/t23-/m1/s1. The van der Waals surface area contributed by atoms with Gasteiger partial charge in [0, 0.05) is 12.6 Å². The molecule has 186 valence electrons. The summed E-state index contributed by atoms with van der Waals surface area (Å²) >= 11 is 0. The molecule has 0 aliphatic carbocycles. The highest BCUT2D eigenvalue weighted by molar-refractivity contribution is 7.92. The Balaban J connectivity index is 2.40. The number of hydrogen-bond donors (Lipinski definition) is 1. The summed E-state index contributed by atoms with van der Waals surface area (Å²) in [7, 11) is -3.74. The molecule has 1 atom stereocenters. The summed E-state index contributed by atoms with van der Waals surface area (Å²) in [6, 6.07) is 14.4. The minimum Gasteiger partial charge on any atom is -0.352 e. The fraction of sp³-hybridized carbons (Fsp3) is 0.462. The lowest BCUT2D eigenvalue weighted by Gasteiger charge is -2.33. The average Bonchev–Trinajstić information content (AvgIpc) is 2.76. The molecule has 0 aliphatic heterocycles. The van der Waals surface area contributed by atoms with E-state index in [0.717, 1.165) is 27.3 Å². The Bertz CT molecular complexity index is 1080. The second-order valence-corrected chi connectivity index (χ2v) is 10.9. The van der Waals surface area contributed by atoms with Crippen molar-refractivity contribution in [3.63, 3.8) is 0 Å². The molecular weight excluding hydrogens is 450 g/mol. The number of amides is 2. The van der Waals surface area contributed by atoms with Crippen LogP contribution in [0.25, 0.3) is 0 Å². The van der Waals surface area contributed by atoms with Gasteiger partial charge in [-0.05, 0) is 63.3 Å². The molecule has 2 rings (SSSR count). The molecule has 2 aromatic carbocycles. The highest BCUT2D eigenvalue weighted by Gasteiger charge is 2.32. The summed E-state index contributed by atoms with van der Waals surface area (Å²) in [5.41, 5.74) is 3.15. The number of carbonyl (C=O) groups is 2. The van der Waals surface area contributed by atoms with E-state index in [1.54, 1.807) is 6.07 Å². The van der Waals surface area contributed by atoms with Crippen molar-refractivity contribution in [3.05, 3.63) is 65.2 Å². The predicted octanol–water partition coefficient (Wildman–Crippen LogP) is 3.44. The molecule has 0 heterocycles. The summed E-state index contributed by atoms with van der Waals surface area (Å²) < 4.78 is 26.6. The molecule has 0 spiro atoms. The first kappa shape index (κ1) is 27.4. The van der Waals surface area contributed by atoms with Crippen LogP contribution in [0.5, 0.6) is 0 Å². The lowest BCUT2D eigenvalue weighted by molar-refractivity contribution is -0.139. The Hall–Kier alpha value is -2.87. The molecule has 7 nitrogen and oxygen atoms in total. The number of rotatable bonds is 11. The number of hydrogen-bond acceptors (Lipinski definition) is 4. The maximum absolute atomic E-state index is 13.6. The van der Waals surface area contributed by atoms with Gasteiger partial charge in [-0.1, -0.05) is 49.4 Å². The third-order valence-corrected chi connectivity index (χ3v) is 6.74. The molecule has 1 N–H and O–H groups in total. The van der Waals surface area contributed by atoms with Crippen molar-refractivity contribution in [1.82, 2.24) is 10.2 Å². The SMILES string of the molecule is CC[C@H](C(=O)NC(C)C)N(CCc1ccccc1)C(=O)CN(c1cc(C)ccc1C)S(C)(=O)=O. The molecular formula is C26H37N3O4S. The zero-order valence-electron chi connectivity index (χ0n) is 21.0. The third kappa shape index (κ3) is 7.58. The maximum Gasteiger partial charge on any atom is 0.244 e. The van der Waals surface area contributed by atoms with Gasteiger partial charge in [-0.3, -0.25) is 13.9 Å². The smallest absolute Gasteiger partial charge is 0.244 e. The van der Waals surface area contributed by atoms with E-state index in [9.17, 15) is 18.0 Å². The summed E-state index contributed by atoms with van der Waals surface area (Å²) in [6.07, 6.45) is 2.07. The van der Waals surface area contributed by atoms with Gasteiger partial charge >= 0.3 is 0 Å². The molecule has 0 saturated carbocycles. The second kappa shape index (κ2) is 12.0. The molecule has 0 aromatic heterocycles. The van der Waals surface area contributed by atoms with Crippen molar-refractivity contribution in [2.45, 2.75) is 59.5 Å². The summed E-state index contributed by atoms with van der Waals surface area (Å²) in [5, 5.41) is 2.89. The Kier molecular flexibility index (Phi) is 9.67. The fourth-order valence-electron chi connectivity index (χ4n) is 3.86. The largest absolute Gasteiger partial charge is 0.352 e. The predicted molar refractivity (Wildman–Crippen MR) is 137 cm³/mol. The fourth-order valence-corrected chi connectivity index (χ4v) is 4.76. The van der Waals surface area contributed by atoms with Crippen molar-refractivity contribution >= 4 is 27.5 Å². The van der Waals surface area contributed by atoms with Crippen LogP contribution in [0.1, 0.15) is 43.9 Å². The highest BCUT2D eigenvalue weighted by Crippen LogP contribution is 2.24. The first-order valence-corrected chi connectivity index (χ1v) is 13.5. The quantitative estimate of drug-likeness (QED) is 0.526. The van der Waals surface area contributed by atoms with Crippen LogP contribution in [0.15, 0.2) is 48.5 Å². The van der Waals surface area contributed by atoms with Crippen LogP contribution < -0.4 is 9.62 Å². The number of carbonyl (C=O) groups excluding carboxylic acids is 2. The molecule has 0 unspecified atom stereocenters. The van der Waals surface area contributed by atoms with Gasteiger partial charge in [0.15, 0.2) is 0 Å². The lowest BCUT2D eigenvalue weighted by Crippen LogP contribution is -2.54. The Morgan fingerprint density at radius 1 is 1.03 bits per heavy atom. The van der Waals surface area contributed by atoms with E-state index in [-0.39, 0.29) is 18.5 Å². The van der Waals surface area contributed by atoms with Gasteiger partial charge in [0.25, 0.3) is 0 Å². The number of sulfonamides is 1. The van der Waals surface area contributed by atoms with Gasteiger partial charge in [-0.2, -0.15) is 0 Å². The normalized spacial score (nSPS) is 12.3. The Morgan fingerprint density at radius 2 is 1.68 bits per heavy atom. The minimum absolute atomic E-state index is 0.0740. The summed E-state index contributed by atoms with van der Waals surface area (Å²) in [5.74, 6) is -0.649. The Morgan fingerprint density at radius 3 is 2.24 bits per heavy atom. The van der Waals surface area contributed by atoms with E-state index in [1.807, 2.05) is 77.1 Å². The summed E-state index contributed by atoms with van der Waals surface area (Å²) in [6.45, 7) is 9.21. The lowest BCUT2D eigenvalue weighted by atomic mass is 10.1. The molecule has 0 radical (unpaired) electrons. The zero-order chi connectivity index (χ0) is 25.5. The molecule has 8 heteroatoms. The van der Waals surface area contributed by atoms with Crippen LogP contribution in [0.2, 0.25) is 0 Å². The van der Waals surface area contributed by atoms with Crippen molar-refractivity contribution in [2.24, 2.45) is 0 Å². The van der Waals surface area contributed by atoms with Gasteiger partial charge in [-0.15, -0.1) is 0 Å².